The van der Waals surface area contributed by atoms with Gasteiger partial charge >= 0.3 is 11.6 Å². The average Bonchev–Trinajstić information content (AvgIpc) is 2.29. The van der Waals surface area contributed by atoms with Crippen LogP contribution in [0.5, 0.6) is 0 Å². The molecule has 5 heteroatoms. The Hall–Kier alpha value is -1.96. The Morgan fingerprint density at radius 3 is 2.69 bits per heavy atom. The highest BCUT2D eigenvalue weighted by molar-refractivity contribution is 5.84. The molecule has 0 saturated heterocycles. The fourth-order valence-electron chi connectivity index (χ4n) is 1.19. The van der Waals surface area contributed by atoms with Crippen LogP contribution < -0.4 is 0 Å². The smallest absolute Gasteiger partial charge is 0.363 e. The Balaban J connectivity index is 3.21. The summed E-state index contributed by atoms with van der Waals surface area (Å²) in [4.78, 5) is 11.3. The van der Waals surface area contributed by atoms with Crippen molar-refractivity contribution in [2.24, 2.45) is 0 Å². The van der Waals surface area contributed by atoms with E-state index in [1.165, 1.54) is 19.1 Å². The summed E-state index contributed by atoms with van der Waals surface area (Å²) in [5.41, 5.74) is -3.72. The molecule has 0 radical (unpaired) electrons. The first-order chi connectivity index (χ1) is 7.56. The normalized spacial score (nSPS) is 13.6. The molecule has 0 N–H and O–H groups in total. The zero-order chi connectivity index (χ0) is 12.2. The Labute approximate surface area is 91.3 Å². The minimum absolute atomic E-state index is 0.0827. The molecule has 0 spiro atoms. The van der Waals surface area contributed by atoms with E-state index >= 15 is 0 Å². The quantitative estimate of drug-likeness (QED) is 0.740. The van der Waals surface area contributed by atoms with E-state index in [1.807, 2.05) is 0 Å². The lowest BCUT2D eigenvalue weighted by Crippen LogP contribution is -2.32. The van der Waals surface area contributed by atoms with E-state index in [1.54, 1.807) is 0 Å². The standard InChI is InChI=1S/C11H9F2NO2/c1-2-16-10(15)11(13,7-14)8-5-3-4-6-9(8)12/h3-6H,2H2,1H3. The molecule has 16 heavy (non-hydrogen) atoms. The van der Waals surface area contributed by atoms with Crippen LogP contribution in [0.2, 0.25) is 0 Å². The molecule has 0 fully saturated rings. The van der Waals surface area contributed by atoms with E-state index in [0.717, 1.165) is 18.2 Å². The molecule has 3 nitrogen and oxygen atoms in total. The lowest BCUT2D eigenvalue weighted by Gasteiger charge is -2.16. The van der Waals surface area contributed by atoms with Gasteiger partial charge in [0, 0.05) is 0 Å². The Kier molecular flexibility index (Phi) is 3.56. The Morgan fingerprint density at radius 1 is 1.56 bits per heavy atom. The summed E-state index contributed by atoms with van der Waals surface area (Å²) in [7, 11) is 0. The maximum absolute atomic E-state index is 14.0. The van der Waals surface area contributed by atoms with Gasteiger partial charge in [0.05, 0.1) is 12.2 Å². The molecule has 1 rings (SSSR count). The first-order valence-electron chi connectivity index (χ1n) is 4.58. The number of alkyl halides is 1. The predicted octanol–water partition coefficient (Wildman–Crippen LogP) is 2.08. The second-order valence-electron chi connectivity index (χ2n) is 2.97. The van der Waals surface area contributed by atoms with Gasteiger partial charge in [0.25, 0.3) is 0 Å². The molecule has 1 aromatic rings. The van der Waals surface area contributed by atoms with Crippen molar-refractivity contribution in [2.45, 2.75) is 12.6 Å². The topological polar surface area (TPSA) is 50.1 Å². The number of rotatable bonds is 3. The van der Waals surface area contributed by atoms with Gasteiger partial charge in [-0.3, -0.25) is 0 Å². The van der Waals surface area contributed by atoms with Crippen molar-refractivity contribution >= 4 is 5.97 Å². The van der Waals surface area contributed by atoms with Gasteiger partial charge in [0.2, 0.25) is 0 Å². The SMILES string of the molecule is CCOC(=O)C(F)(C#N)c1ccccc1F. The van der Waals surface area contributed by atoms with Crippen LogP contribution in [-0.4, -0.2) is 12.6 Å². The number of carbonyl (C=O) groups excluding carboxylic acids is 1. The highest BCUT2D eigenvalue weighted by Crippen LogP contribution is 2.29. The fourth-order valence-corrected chi connectivity index (χ4v) is 1.19. The number of benzene rings is 1. The van der Waals surface area contributed by atoms with Gasteiger partial charge in [-0.15, -0.1) is 0 Å². The second kappa shape index (κ2) is 4.71. The molecular formula is C11H9F2NO2. The Bertz CT molecular complexity index is 442. The Morgan fingerprint density at radius 2 is 2.19 bits per heavy atom. The summed E-state index contributed by atoms with van der Waals surface area (Å²) in [6.45, 7) is 1.39. The van der Waals surface area contributed by atoms with Gasteiger partial charge in [-0.05, 0) is 13.0 Å². The van der Waals surface area contributed by atoms with Crippen molar-refractivity contribution in [1.82, 2.24) is 0 Å². The van der Waals surface area contributed by atoms with E-state index < -0.39 is 23.0 Å². The van der Waals surface area contributed by atoms with Crippen LogP contribution in [0.4, 0.5) is 8.78 Å². The second-order valence-corrected chi connectivity index (χ2v) is 2.97. The van der Waals surface area contributed by atoms with Crippen LogP contribution in [-0.2, 0) is 15.2 Å². The van der Waals surface area contributed by atoms with E-state index in [2.05, 4.69) is 4.74 Å². The summed E-state index contributed by atoms with van der Waals surface area (Å²) in [5.74, 6) is -2.36. The van der Waals surface area contributed by atoms with Crippen molar-refractivity contribution in [2.75, 3.05) is 6.61 Å². The predicted molar refractivity (Wildman–Crippen MR) is 51.4 cm³/mol. The van der Waals surface area contributed by atoms with E-state index in [4.69, 9.17) is 5.26 Å². The molecule has 0 saturated carbocycles. The molecule has 1 unspecified atom stereocenters. The van der Waals surface area contributed by atoms with Crippen molar-refractivity contribution < 1.29 is 18.3 Å². The van der Waals surface area contributed by atoms with Crippen molar-refractivity contribution in [1.29, 1.82) is 5.26 Å². The van der Waals surface area contributed by atoms with Crippen LogP contribution in [0.15, 0.2) is 24.3 Å². The minimum Gasteiger partial charge on any atom is -0.463 e. The highest BCUT2D eigenvalue weighted by Gasteiger charge is 2.44. The first-order valence-corrected chi connectivity index (χ1v) is 4.58. The van der Waals surface area contributed by atoms with Gasteiger partial charge in [0.1, 0.15) is 11.9 Å². The summed E-state index contributed by atoms with van der Waals surface area (Å²) in [6, 6.07) is 5.82. The third-order valence-electron chi connectivity index (χ3n) is 1.96. The third kappa shape index (κ3) is 2.01. The summed E-state index contributed by atoms with van der Waals surface area (Å²) >= 11 is 0. The van der Waals surface area contributed by atoms with Gasteiger partial charge in [0.15, 0.2) is 0 Å². The monoisotopic (exact) mass is 225 g/mol. The zero-order valence-corrected chi connectivity index (χ0v) is 8.54. The van der Waals surface area contributed by atoms with Crippen LogP contribution in [0.3, 0.4) is 0 Å². The van der Waals surface area contributed by atoms with E-state index in [0.29, 0.717) is 0 Å². The molecule has 0 bridgehead atoms. The van der Waals surface area contributed by atoms with Crippen molar-refractivity contribution in [3.05, 3.63) is 35.6 Å². The molecular weight excluding hydrogens is 216 g/mol. The highest BCUT2D eigenvalue weighted by atomic mass is 19.1. The molecule has 0 amide bonds. The maximum Gasteiger partial charge on any atom is 0.363 e. The van der Waals surface area contributed by atoms with E-state index in [-0.39, 0.29) is 6.61 Å². The number of esters is 1. The number of nitriles is 1. The molecule has 0 aliphatic carbocycles. The summed E-state index contributed by atoms with van der Waals surface area (Å²) < 4.78 is 31.7. The summed E-state index contributed by atoms with van der Waals surface area (Å²) in [5, 5.41) is 8.67. The van der Waals surface area contributed by atoms with Crippen molar-refractivity contribution in [3.63, 3.8) is 0 Å². The molecule has 1 atom stereocenters. The number of nitrogens with zero attached hydrogens (tertiary/aromatic N) is 1. The van der Waals surface area contributed by atoms with Gasteiger partial charge in [-0.2, -0.15) is 5.26 Å². The summed E-state index contributed by atoms with van der Waals surface area (Å²) in [6.07, 6.45) is 0. The van der Waals surface area contributed by atoms with Crippen LogP contribution >= 0.6 is 0 Å². The number of hydrogen-bond donors (Lipinski definition) is 0. The third-order valence-corrected chi connectivity index (χ3v) is 1.96. The lowest BCUT2D eigenvalue weighted by atomic mass is 9.97. The van der Waals surface area contributed by atoms with E-state index in [9.17, 15) is 13.6 Å². The number of halogens is 2. The average molecular weight is 225 g/mol. The number of hydrogen-bond acceptors (Lipinski definition) is 3. The minimum atomic E-state index is -3.10. The maximum atomic E-state index is 14.0. The van der Waals surface area contributed by atoms with Gasteiger partial charge in [-0.1, -0.05) is 18.2 Å². The molecule has 0 aliphatic heterocycles. The molecule has 0 aromatic heterocycles. The van der Waals surface area contributed by atoms with Crippen LogP contribution in [0, 0.1) is 17.1 Å². The molecule has 1 aromatic carbocycles. The van der Waals surface area contributed by atoms with Crippen LogP contribution in [0.25, 0.3) is 0 Å². The fraction of sp³-hybridized carbons (Fsp3) is 0.273. The molecule has 0 heterocycles. The first kappa shape index (κ1) is 12.1. The van der Waals surface area contributed by atoms with Crippen molar-refractivity contribution in [3.8, 4) is 6.07 Å². The van der Waals surface area contributed by atoms with Gasteiger partial charge < -0.3 is 4.74 Å². The lowest BCUT2D eigenvalue weighted by molar-refractivity contribution is -0.154. The number of carbonyl (C=O) groups is 1. The largest absolute Gasteiger partial charge is 0.463 e. The zero-order valence-electron chi connectivity index (χ0n) is 8.54. The van der Waals surface area contributed by atoms with Crippen LogP contribution in [0.1, 0.15) is 12.5 Å². The van der Waals surface area contributed by atoms with Gasteiger partial charge in [-0.25, -0.2) is 13.6 Å². The molecule has 84 valence electrons. The molecule has 0 aliphatic rings. The number of ether oxygens (including phenoxy) is 1.